The number of nitrogens with one attached hydrogen (secondary N) is 1. The van der Waals surface area contributed by atoms with Gasteiger partial charge < -0.3 is 10.4 Å². The Kier molecular flexibility index (Phi) is 3.56. The third kappa shape index (κ3) is 2.76. The first-order valence-corrected chi connectivity index (χ1v) is 6.16. The summed E-state index contributed by atoms with van der Waals surface area (Å²) >= 11 is 0. The number of anilines is 1. The number of hydrogen-bond donors (Lipinski definition) is 2. The lowest BCUT2D eigenvalue weighted by atomic mass is 10.0. The van der Waals surface area contributed by atoms with Gasteiger partial charge in [-0.25, -0.2) is 0 Å². The highest BCUT2D eigenvalue weighted by Crippen LogP contribution is 2.25. The molecule has 0 atom stereocenters. The van der Waals surface area contributed by atoms with Gasteiger partial charge in [0.2, 0.25) is 0 Å². The molecule has 2 N–H and O–H groups in total. The molecule has 3 nitrogen and oxygen atoms in total. The van der Waals surface area contributed by atoms with E-state index in [1.165, 1.54) is 0 Å². The Morgan fingerprint density at radius 1 is 1.05 bits per heavy atom. The predicted octanol–water partition coefficient (Wildman–Crippen LogP) is 3.57. The second-order valence-corrected chi connectivity index (χ2v) is 4.74. The molecule has 0 aliphatic heterocycles. The molecule has 0 saturated carbocycles. The van der Waals surface area contributed by atoms with Crippen LogP contribution in [0.2, 0.25) is 0 Å². The lowest BCUT2D eigenvalue weighted by Crippen LogP contribution is -2.15. The minimum absolute atomic E-state index is 0.0830. The smallest absolute Gasteiger partial charge is 0.256 e. The van der Waals surface area contributed by atoms with Crippen LogP contribution in [0.3, 0.4) is 0 Å². The third-order valence-electron chi connectivity index (χ3n) is 3.11. The van der Waals surface area contributed by atoms with Crippen molar-refractivity contribution in [2.45, 2.75) is 20.8 Å². The summed E-state index contributed by atoms with van der Waals surface area (Å²) in [5.74, 6) is -0.116. The molecule has 0 radical (unpaired) electrons. The molecule has 0 heterocycles. The van der Waals surface area contributed by atoms with E-state index < -0.39 is 0 Å². The topological polar surface area (TPSA) is 49.3 Å². The predicted molar refractivity (Wildman–Crippen MR) is 76.7 cm³/mol. The van der Waals surface area contributed by atoms with Crippen molar-refractivity contribution in [2.75, 3.05) is 5.32 Å². The first kappa shape index (κ1) is 13.1. The van der Waals surface area contributed by atoms with Gasteiger partial charge in [0.25, 0.3) is 5.91 Å². The Labute approximate surface area is 112 Å². The SMILES string of the molecule is Cc1ccc(NC(=O)c2c(C)cccc2C)c(O)c1. The van der Waals surface area contributed by atoms with Crippen LogP contribution in [-0.2, 0) is 0 Å². The van der Waals surface area contributed by atoms with Crippen LogP contribution in [0.4, 0.5) is 5.69 Å². The number of phenols is 1. The van der Waals surface area contributed by atoms with E-state index in [4.69, 9.17) is 0 Å². The Morgan fingerprint density at radius 2 is 1.68 bits per heavy atom. The zero-order valence-corrected chi connectivity index (χ0v) is 11.3. The summed E-state index contributed by atoms with van der Waals surface area (Å²) in [6.07, 6.45) is 0. The van der Waals surface area contributed by atoms with Crippen LogP contribution in [0.5, 0.6) is 5.75 Å². The lowest BCUT2D eigenvalue weighted by molar-refractivity contribution is 0.102. The van der Waals surface area contributed by atoms with E-state index in [-0.39, 0.29) is 11.7 Å². The molecule has 0 fully saturated rings. The second-order valence-electron chi connectivity index (χ2n) is 4.74. The van der Waals surface area contributed by atoms with Crippen molar-refractivity contribution in [3.05, 3.63) is 58.7 Å². The summed E-state index contributed by atoms with van der Waals surface area (Å²) in [4.78, 5) is 12.3. The van der Waals surface area contributed by atoms with E-state index >= 15 is 0 Å². The Hall–Kier alpha value is -2.29. The van der Waals surface area contributed by atoms with E-state index in [1.807, 2.05) is 45.0 Å². The van der Waals surface area contributed by atoms with Crippen LogP contribution < -0.4 is 5.32 Å². The molecule has 19 heavy (non-hydrogen) atoms. The minimum atomic E-state index is -0.199. The fourth-order valence-corrected chi connectivity index (χ4v) is 2.10. The van der Waals surface area contributed by atoms with Gasteiger partial charge in [0.1, 0.15) is 5.75 Å². The summed E-state index contributed by atoms with van der Waals surface area (Å²) in [6, 6.07) is 10.9. The van der Waals surface area contributed by atoms with E-state index in [0.29, 0.717) is 11.3 Å². The molecular weight excluding hydrogens is 238 g/mol. The largest absolute Gasteiger partial charge is 0.506 e. The number of hydrogen-bond acceptors (Lipinski definition) is 2. The normalized spacial score (nSPS) is 10.3. The number of carbonyl (C=O) groups is 1. The summed E-state index contributed by atoms with van der Waals surface area (Å²) in [6.45, 7) is 5.69. The van der Waals surface area contributed by atoms with E-state index in [2.05, 4.69) is 5.32 Å². The molecule has 0 bridgehead atoms. The van der Waals surface area contributed by atoms with Crippen LogP contribution in [0.1, 0.15) is 27.0 Å². The average Bonchev–Trinajstić information content (AvgIpc) is 2.32. The zero-order valence-electron chi connectivity index (χ0n) is 11.3. The molecule has 0 aromatic heterocycles. The molecule has 0 spiro atoms. The molecule has 1 amide bonds. The molecule has 2 aromatic rings. The maximum absolute atomic E-state index is 12.3. The Bertz CT molecular complexity index is 612. The van der Waals surface area contributed by atoms with E-state index in [0.717, 1.165) is 16.7 Å². The van der Waals surface area contributed by atoms with Crippen molar-refractivity contribution in [3.8, 4) is 5.75 Å². The first-order chi connectivity index (χ1) is 8.99. The standard InChI is InChI=1S/C16H17NO2/c1-10-7-8-13(14(18)9-10)17-16(19)15-11(2)5-4-6-12(15)3/h4-9,18H,1-3H3,(H,17,19). The molecule has 98 valence electrons. The number of carbonyl (C=O) groups excluding carboxylic acids is 1. The maximum Gasteiger partial charge on any atom is 0.256 e. The highest BCUT2D eigenvalue weighted by Gasteiger charge is 2.13. The summed E-state index contributed by atoms with van der Waals surface area (Å²) in [7, 11) is 0. The van der Waals surface area contributed by atoms with Gasteiger partial charge in [-0.1, -0.05) is 24.3 Å². The number of aromatic hydroxyl groups is 1. The van der Waals surface area contributed by atoms with Crippen molar-refractivity contribution < 1.29 is 9.90 Å². The first-order valence-electron chi connectivity index (χ1n) is 6.16. The van der Waals surface area contributed by atoms with Crippen LogP contribution in [0.15, 0.2) is 36.4 Å². The van der Waals surface area contributed by atoms with Crippen molar-refractivity contribution in [1.29, 1.82) is 0 Å². The number of aryl methyl sites for hydroxylation is 3. The van der Waals surface area contributed by atoms with Gasteiger partial charge in [-0.2, -0.15) is 0 Å². The zero-order chi connectivity index (χ0) is 14.0. The summed E-state index contributed by atoms with van der Waals surface area (Å²) in [5, 5.41) is 12.6. The van der Waals surface area contributed by atoms with Gasteiger partial charge in [-0.05, 0) is 49.6 Å². The quantitative estimate of drug-likeness (QED) is 0.806. The van der Waals surface area contributed by atoms with Crippen molar-refractivity contribution >= 4 is 11.6 Å². The highest BCUT2D eigenvalue weighted by molar-refractivity contribution is 6.06. The third-order valence-corrected chi connectivity index (χ3v) is 3.11. The summed E-state index contributed by atoms with van der Waals surface area (Å²) in [5.41, 5.74) is 3.87. The molecular formula is C16H17NO2. The van der Waals surface area contributed by atoms with Gasteiger partial charge in [0.05, 0.1) is 5.69 Å². The fraction of sp³-hybridized carbons (Fsp3) is 0.188. The highest BCUT2D eigenvalue weighted by atomic mass is 16.3. The van der Waals surface area contributed by atoms with Crippen LogP contribution in [-0.4, -0.2) is 11.0 Å². The number of phenolic OH excluding ortho intramolecular Hbond substituents is 1. The van der Waals surface area contributed by atoms with Gasteiger partial charge in [0.15, 0.2) is 0 Å². The minimum Gasteiger partial charge on any atom is -0.506 e. The van der Waals surface area contributed by atoms with Gasteiger partial charge in [0, 0.05) is 5.56 Å². The number of amides is 1. The van der Waals surface area contributed by atoms with Gasteiger partial charge in [-0.3, -0.25) is 4.79 Å². The van der Waals surface area contributed by atoms with Gasteiger partial charge in [-0.15, -0.1) is 0 Å². The molecule has 0 aliphatic rings. The van der Waals surface area contributed by atoms with Crippen LogP contribution in [0, 0.1) is 20.8 Å². The molecule has 0 unspecified atom stereocenters. The summed E-state index contributed by atoms with van der Waals surface area (Å²) < 4.78 is 0. The molecule has 3 heteroatoms. The Balaban J connectivity index is 2.31. The number of benzene rings is 2. The Morgan fingerprint density at radius 3 is 2.26 bits per heavy atom. The monoisotopic (exact) mass is 255 g/mol. The average molecular weight is 255 g/mol. The van der Waals surface area contributed by atoms with Crippen LogP contribution >= 0.6 is 0 Å². The molecule has 2 rings (SSSR count). The van der Waals surface area contributed by atoms with Crippen molar-refractivity contribution in [3.63, 3.8) is 0 Å². The molecule has 0 saturated heterocycles. The molecule has 0 aliphatic carbocycles. The van der Waals surface area contributed by atoms with Crippen molar-refractivity contribution in [1.82, 2.24) is 0 Å². The number of rotatable bonds is 2. The van der Waals surface area contributed by atoms with E-state index in [9.17, 15) is 9.90 Å². The second kappa shape index (κ2) is 5.14. The molecule has 2 aromatic carbocycles. The van der Waals surface area contributed by atoms with Crippen molar-refractivity contribution in [2.24, 2.45) is 0 Å². The van der Waals surface area contributed by atoms with E-state index in [1.54, 1.807) is 12.1 Å². The lowest BCUT2D eigenvalue weighted by Gasteiger charge is -2.11. The van der Waals surface area contributed by atoms with Gasteiger partial charge >= 0.3 is 0 Å². The fourth-order valence-electron chi connectivity index (χ4n) is 2.10. The van der Waals surface area contributed by atoms with Crippen LogP contribution in [0.25, 0.3) is 0 Å². The maximum atomic E-state index is 12.3.